The first kappa shape index (κ1) is 51.0. The summed E-state index contributed by atoms with van der Waals surface area (Å²) in [6, 6.07) is 26.0. The molecule has 0 aromatic heterocycles. The molecule has 6 N–H and O–H groups in total. The number of aliphatic hydroxyl groups excluding tert-OH is 2. The molecule has 4 aromatic rings. The van der Waals surface area contributed by atoms with Crippen LogP contribution in [0.15, 0.2) is 84.9 Å². The number of aliphatic carboxylic acids is 2. The third-order valence-electron chi connectivity index (χ3n) is 9.82. The molecular weight excluding hydrogens is 753 g/mol. The van der Waals surface area contributed by atoms with Crippen LogP contribution in [-0.4, -0.2) is 55.8 Å². The van der Waals surface area contributed by atoms with E-state index < -0.39 is 11.9 Å². The number of hydrogen-bond donors (Lipinski definition) is 6. The molecular formula is C52H70O8. The van der Waals surface area contributed by atoms with Gasteiger partial charge in [-0.15, -0.1) is 0 Å². The average Bonchev–Trinajstić information content (AvgIpc) is 3.14. The molecule has 0 spiro atoms. The Morgan fingerprint density at radius 3 is 0.900 bits per heavy atom. The van der Waals surface area contributed by atoms with Crippen LogP contribution in [-0.2, 0) is 31.2 Å². The Balaban J connectivity index is 0.000000350. The van der Waals surface area contributed by atoms with Crippen molar-refractivity contribution in [3.05, 3.63) is 129 Å². The molecule has 0 atom stereocenters. The van der Waals surface area contributed by atoms with E-state index in [4.69, 9.17) is 10.2 Å². The third-order valence-corrected chi connectivity index (χ3v) is 9.82. The first-order valence-corrected chi connectivity index (χ1v) is 20.7. The van der Waals surface area contributed by atoms with Crippen molar-refractivity contribution >= 4 is 35.2 Å². The fourth-order valence-electron chi connectivity index (χ4n) is 6.41. The number of unbranched alkanes of at least 4 members (excludes halogenated alkanes) is 3. The van der Waals surface area contributed by atoms with Crippen LogP contribution in [0.2, 0.25) is 0 Å². The molecule has 0 saturated carbocycles. The molecule has 0 unspecified atom stereocenters. The highest BCUT2D eigenvalue weighted by Crippen LogP contribution is 2.43. The lowest BCUT2D eigenvalue weighted by Crippen LogP contribution is -2.18. The maximum Gasteiger partial charge on any atom is 0.336 e. The molecule has 0 aliphatic carbocycles. The first-order chi connectivity index (χ1) is 27.7. The number of hydrogen-bond acceptors (Lipinski definition) is 6. The number of aromatic hydroxyl groups is 2. The van der Waals surface area contributed by atoms with Gasteiger partial charge in [0.25, 0.3) is 0 Å². The van der Waals surface area contributed by atoms with Gasteiger partial charge < -0.3 is 30.6 Å². The monoisotopic (exact) mass is 823 g/mol. The lowest BCUT2D eigenvalue weighted by molar-refractivity contribution is -0.131. The smallest absolute Gasteiger partial charge is 0.336 e. The maximum atomic E-state index is 12.0. The zero-order chi connectivity index (χ0) is 45.6. The van der Waals surface area contributed by atoms with Gasteiger partial charge in [-0.2, -0.15) is 0 Å². The van der Waals surface area contributed by atoms with Gasteiger partial charge in [-0.3, -0.25) is 0 Å². The highest BCUT2D eigenvalue weighted by atomic mass is 16.4. The van der Waals surface area contributed by atoms with E-state index >= 15 is 0 Å². The Kier molecular flexibility index (Phi) is 18.6. The first-order valence-electron chi connectivity index (χ1n) is 20.7. The molecule has 326 valence electrons. The van der Waals surface area contributed by atoms with Crippen LogP contribution in [0.1, 0.15) is 153 Å². The molecule has 8 nitrogen and oxygen atoms in total. The van der Waals surface area contributed by atoms with Gasteiger partial charge in [-0.05, 0) is 93.2 Å². The summed E-state index contributed by atoms with van der Waals surface area (Å²) in [5.41, 5.74) is 5.06. The summed E-state index contributed by atoms with van der Waals surface area (Å²) in [6.07, 6.45) is 7.18. The molecule has 4 rings (SSSR count). The molecule has 0 radical (unpaired) electrons. The number of aliphatic hydroxyl groups is 2. The van der Waals surface area contributed by atoms with Crippen LogP contribution < -0.4 is 0 Å². The third kappa shape index (κ3) is 15.4. The average molecular weight is 823 g/mol. The minimum atomic E-state index is -0.987. The van der Waals surface area contributed by atoms with Crippen LogP contribution in [0.3, 0.4) is 0 Å². The number of carboxylic acid groups (broad SMARTS) is 2. The normalized spacial score (nSPS) is 12.5. The summed E-state index contributed by atoms with van der Waals surface area (Å²) in [6.45, 7) is 24.7. The molecule has 0 heterocycles. The molecule has 4 aromatic carbocycles. The summed E-state index contributed by atoms with van der Waals surface area (Å²) in [7, 11) is 0. The second-order valence-electron chi connectivity index (χ2n) is 19.2. The van der Waals surface area contributed by atoms with Gasteiger partial charge >= 0.3 is 11.9 Å². The van der Waals surface area contributed by atoms with E-state index in [0.717, 1.165) is 59.1 Å². The maximum absolute atomic E-state index is 12.0. The van der Waals surface area contributed by atoms with Crippen molar-refractivity contribution in [1.29, 1.82) is 0 Å². The number of carbonyl (C=O) groups is 2. The van der Waals surface area contributed by atoms with Gasteiger partial charge in [-0.1, -0.05) is 157 Å². The van der Waals surface area contributed by atoms with Gasteiger partial charge in [0.1, 0.15) is 11.5 Å². The number of benzene rings is 4. The Bertz CT molecular complexity index is 1840. The predicted molar refractivity (Wildman–Crippen MR) is 248 cm³/mol. The molecule has 8 heteroatoms. The summed E-state index contributed by atoms with van der Waals surface area (Å²) in [5.74, 6) is -1.48. The number of rotatable bonds is 11. The van der Waals surface area contributed by atoms with Gasteiger partial charge in [0, 0.05) is 35.5 Å². The Morgan fingerprint density at radius 1 is 0.450 bits per heavy atom. The minimum absolute atomic E-state index is 0.215. The highest BCUT2D eigenvalue weighted by molar-refractivity contribution is 6.21. The highest BCUT2D eigenvalue weighted by Gasteiger charge is 2.29. The van der Waals surface area contributed by atoms with Crippen molar-refractivity contribution in [2.24, 2.45) is 0 Å². The van der Waals surface area contributed by atoms with Gasteiger partial charge in [0.2, 0.25) is 0 Å². The summed E-state index contributed by atoms with van der Waals surface area (Å²) in [4.78, 5) is 24.0. The predicted octanol–water partition coefficient (Wildman–Crippen LogP) is 11.8. The Hall–Kier alpha value is -5.18. The van der Waals surface area contributed by atoms with E-state index in [1.54, 1.807) is 36.4 Å². The van der Waals surface area contributed by atoms with Crippen molar-refractivity contribution < 1.29 is 40.2 Å². The summed E-state index contributed by atoms with van der Waals surface area (Å²) in [5, 5.41) is 57.9. The van der Waals surface area contributed by atoms with Crippen LogP contribution in [0.5, 0.6) is 11.5 Å². The lowest BCUT2D eigenvalue weighted by Gasteiger charge is -2.28. The van der Waals surface area contributed by atoms with E-state index in [1.807, 2.05) is 144 Å². The van der Waals surface area contributed by atoms with Crippen LogP contribution >= 0.6 is 0 Å². The van der Waals surface area contributed by atoms with Crippen LogP contribution in [0.4, 0.5) is 0 Å². The van der Waals surface area contributed by atoms with E-state index in [1.165, 1.54) is 0 Å². The lowest BCUT2D eigenvalue weighted by atomic mass is 9.77. The summed E-state index contributed by atoms with van der Waals surface area (Å²) >= 11 is 0. The molecule has 0 aliphatic heterocycles. The number of phenolic OH excluding ortho intramolecular Hbond substituents is 2. The van der Waals surface area contributed by atoms with E-state index in [9.17, 15) is 30.0 Å². The van der Waals surface area contributed by atoms with Crippen molar-refractivity contribution in [3.63, 3.8) is 0 Å². The van der Waals surface area contributed by atoms with Crippen LogP contribution in [0.25, 0.3) is 23.3 Å². The van der Waals surface area contributed by atoms with Crippen molar-refractivity contribution in [3.8, 4) is 11.5 Å². The molecule has 0 fully saturated rings. The minimum Gasteiger partial charge on any atom is -0.507 e. The topological polar surface area (TPSA) is 156 Å². The van der Waals surface area contributed by atoms with Gasteiger partial charge in [0.05, 0.1) is 11.1 Å². The largest absolute Gasteiger partial charge is 0.507 e. The number of phenols is 2. The quantitative estimate of drug-likeness (QED) is 0.0496. The second-order valence-corrected chi connectivity index (χ2v) is 19.2. The van der Waals surface area contributed by atoms with Crippen molar-refractivity contribution in [2.75, 3.05) is 13.2 Å². The van der Waals surface area contributed by atoms with Crippen LogP contribution in [0, 0.1) is 0 Å². The zero-order valence-corrected chi connectivity index (χ0v) is 38.0. The zero-order valence-electron chi connectivity index (χ0n) is 38.0. The standard InChI is InChI=1S/2C23H28O3.C6H14O2/c2*1-22(2,3)18-13-16(14-19(20(18)24)23(4,5)6)17(21(25)26)12-15-10-8-7-9-11-15;7-5-3-1-2-4-6-8/h2*7-14,24H,1-6H3,(H,25,26);7-8H,1-6H2. The molecule has 0 amide bonds. The van der Waals surface area contributed by atoms with E-state index in [-0.39, 0.29) is 57.5 Å². The Morgan fingerprint density at radius 2 is 0.700 bits per heavy atom. The van der Waals surface area contributed by atoms with Gasteiger partial charge in [-0.25, -0.2) is 9.59 Å². The SMILES string of the molecule is CC(C)(C)c1cc(C(=Cc2ccccc2)C(=O)O)cc(C(C)(C)C)c1O.CC(C)(C)c1cc(C(=Cc2ccccc2)C(=O)O)cc(C(C)(C)C)c1O.OCCCCCCO. The molecule has 60 heavy (non-hydrogen) atoms. The van der Waals surface area contributed by atoms with Crippen molar-refractivity contribution in [1.82, 2.24) is 0 Å². The molecule has 0 bridgehead atoms. The van der Waals surface area contributed by atoms with E-state index in [2.05, 4.69) is 0 Å². The van der Waals surface area contributed by atoms with Gasteiger partial charge in [0.15, 0.2) is 0 Å². The second kappa shape index (κ2) is 21.9. The molecule has 0 saturated heterocycles. The fraction of sp³-hybridized carbons (Fsp3) is 0.423. The Labute approximate surface area is 359 Å². The van der Waals surface area contributed by atoms with E-state index in [0.29, 0.717) is 11.1 Å². The number of carboxylic acids is 2. The molecule has 0 aliphatic rings. The van der Waals surface area contributed by atoms with Crippen molar-refractivity contribution in [2.45, 2.75) is 130 Å². The fourth-order valence-corrected chi connectivity index (χ4v) is 6.41. The summed E-state index contributed by atoms with van der Waals surface area (Å²) < 4.78 is 0.